The molecule has 0 aliphatic carbocycles. The van der Waals surface area contributed by atoms with Crippen molar-refractivity contribution in [3.8, 4) is 0 Å². The fourth-order valence-corrected chi connectivity index (χ4v) is 2.54. The normalized spacial score (nSPS) is 18.2. The predicted molar refractivity (Wildman–Crippen MR) is 74.5 cm³/mol. The van der Waals surface area contributed by atoms with Gasteiger partial charge in [0.2, 0.25) is 5.91 Å². The Morgan fingerprint density at radius 3 is 2.86 bits per heavy atom. The number of carbonyl (C=O) groups excluding carboxylic acids is 1. The number of piperazine rings is 1. The van der Waals surface area contributed by atoms with Crippen molar-refractivity contribution in [3.63, 3.8) is 0 Å². The molecule has 112 valence electrons. The van der Waals surface area contributed by atoms with Gasteiger partial charge in [0.25, 0.3) is 5.69 Å². The maximum Gasteiger partial charge on any atom is 0.338 e. The van der Waals surface area contributed by atoms with Crippen molar-refractivity contribution in [2.24, 2.45) is 0 Å². The molecule has 2 N–H and O–H groups in total. The van der Waals surface area contributed by atoms with Crippen molar-refractivity contribution < 1.29 is 19.6 Å². The molecule has 1 fully saturated rings. The fourth-order valence-electron chi connectivity index (χ4n) is 2.54. The number of nitrogens with zero attached hydrogens (tertiary/aromatic N) is 2. The summed E-state index contributed by atoms with van der Waals surface area (Å²) in [6.45, 7) is 2.42. The first-order valence-corrected chi connectivity index (χ1v) is 6.52. The van der Waals surface area contributed by atoms with Gasteiger partial charge in [-0.15, -0.1) is 0 Å². The highest BCUT2D eigenvalue weighted by Gasteiger charge is 2.35. The standard InChI is InChI=1S/C13H15N3O5/c1-2-9-12(17)14-6-7-15(9)11-8(13(18)19)4-3-5-10(11)16(20)21/h3-5,9H,2,6-7H2,1H3,(H,14,17)(H,18,19). The second kappa shape index (κ2) is 5.78. The Morgan fingerprint density at radius 1 is 1.57 bits per heavy atom. The summed E-state index contributed by atoms with van der Waals surface area (Å²) < 4.78 is 0. The van der Waals surface area contributed by atoms with E-state index in [1.54, 1.807) is 6.92 Å². The SMILES string of the molecule is CCC1C(=O)NCCN1c1c(C(=O)O)cccc1[N+](=O)[O-]. The van der Waals surface area contributed by atoms with E-state index in [2.05, 4.69) is 5.32 Å². The Kier molecular flexibility index (Phi) is 4.06. The molecule has 2 rings (SSSR count). The number of nitro groups is 1. The van der Waals surface area contributed by atoms with Crippen LogP contribution < -0.4 is 10.2 Å². The average Bonchev–Trinajstić information content (AvgIpc) is 2.45. The lowest BCUT2D eigenvalue weighted by Gasteiger charge is -2.36. The van der Waals surface area contributed by atoms with Gasteiger partial charge in [0.1, 0.15) is 11.7 Å². The van der Waals surface area contributed by atoms with Crippen LogP contribution in [0.2, 0.25) is 0 Å². The number of anilines is 1. The van der Waals surface area contributed by atoms with E-state index in [9.17, 15) is 24.8 Å². The molecule has 1 amide bonds. The molecule has 1 aliphatic heterocycles. The summed E-state index contributed by atoms with van der Waals surface area (Å²) in [7, 11) is 0. The summed E-state index contributed by atoms with van der Waals surface area (Å²) in [5, 5.41) is 23.2. The Balaban J connectivity index is 2.62. The van der Waals surface area contributed by atoms with E-state index >= 15 is 0 Å². The minimum absolute atomic E-state index is 0.00306. The van der Waals surface area contributed by atoms with Crippen LogP contribution in [0.1, 0.15) is 23.7 Å². The molecule has 0 aromatic heterocycles. The van der Waals surface area contributed by atoms with Crippen molar-refractivity contribution in [2.45, 2.75) is 19.4 Å². The van der Waals surface area contributed by atoms with E-state index in [0.29, 0.717) is 19.5 Å². The maximum absolute atomic E-state index is 11.9. The highest BCUT2D eigenvalue weighted by Crippen LogP contribution is 2.34. The van der Waals surface area contributed by atoms with Gasteiger partial charge < -0.3 is 15.3 Å². The molecule has 1 unspecified atom stereocenters. The summed E-state index contributed by atoms with van der Waals surface area (Å²) in [5.41, 5.74) is -0.475. The molecule has 1 heterocycles. The zero-order chi connectivity index (χ0) is 15.6. The van der Waals surface area contributed by atoms with E-state index in [4.69, 9.17) is 0 Å². The van der Waals surface area contributed by atoms with Gasteiger partial charge in [0.05, 0.1) is 10.5 Å². The maximum atomic E-state index is 11.9. The summed E-state index contributed by atoms with van der Waals surface area (Å²) in [4.78, 5) is 35.4. The van der Waals surface area contributed by atoms with E-state index in [0.717, 1.165) is 0 Å². The number of hydrogen-bond donors (Lipinski definition) is 2. The molecule has 21 heavy (non-hydrogen) atoms. The molecule has 1 aliphatic rings. The molecular formula is C13H15N3O5. The largest absolute Gasteiger partial charge is 0.478 e. The number of para-hydroxylation sites is 1. The summed E-state index contributed by atoms with van der Waals surface area (Å²) in [5.74, 6) is -1.51. The first kappa shape index (κ1) is 14.8. The monoisotopic (exact) mass is 293 g/mol. The molecule has 8 heteroatoms. The molecule has 1 aromatic carbocycles. The van der Waals surface area contributed by atoms with Gasteiger partial charge in [0.15, 0.2) is 0 Å². The molecule has 1 saturated heterocycles. The van der Waals surface area contributed by atoms with Crippen molar-refractivity contribution in [1.29, 1.82) is 0 Å². The lowest BCUT2D eigenvalue weighted by molar-refractivity contribution is -0.384. The topological polar surface area (TPSA) is 113 Å². The van der Waals surface area contributed by atoms with E-state index in [-0.39, 0.29) is 22.8 Å². The Morgan fingerprint density at radius 2 is 2.29 bits per heavy atom. The number of hydrogen-bond acceptors (Lipinski definition) is 5. The van der Waals surface area contributed by atoms with Crippen molar-refractivity contribution >= 4 is 23.3 Å². The molecule has 0 radical (unpaired) electrons. The van der Waals surface area contributed by atoms with Gasteiger partial charge in [-0.3, -0.25) is 14.9 Å². The lowest BCUT2D eigenvalue weighted by Crippen LogP contribution is -2.55. The zero-order valence-electron chi connectivity index (χ0n) is 11.4. The van der Waals surface area contributed by atoms with Crippen LogP contribution in [0.4, 0.5) is 11.4 Å². The second-order valence-electron chi connectivity index (χ2n) is 4.64. The Labute approximate surface area is 120 Å². The molecule has 8 nitrogen and oxygen atoms in total. The number of benzene rings is 1. The van der Waals surface area contributed by atoms with E-state index in [1.807, 2.05) is 0 Å². The quantitative estimate of drug-likeness (QED) is 0.632. The van der Waals surface area contributed by atoms with Gasteiger partial charge in [-0.1, -0.05) is 13.0 Å². The molecular weight excluding hydrogens is 278 g/mol. The number of carbonyl (C=O) groups is 2. The van der Waals surface area contributed by atoms with Crippen LogP contribution >= 0.6 is 0 Å². The zero-order valence-corrected chi connectivity index (χ0v) is 11.4. The number of amides is 1. The second-order valence-corrected chi connectivity index (χ2v) is 4.64. The smallest absolute Gasteiger partial charge is 0.338 e. The number of nitro benzene ring substituents is 1. The highest BCUT2D eigenvalue weighted by atomic mass is 16.6. The predicted octanol–water partition coefficient (Wildman–Crippen LogP) is 1.01. The average molecular weight is 293 g/mol. The highest BCUT2D eigenvalue weighted by molar-refractivity contribution is 5.99. The van der Waals surface area contributed by atoms with Crippen molar-refractivity contribution in [2.75, 3.05) is 18.0 Å². The lowest BCUT2D eigenvalue weighted by atomic mass is 10.0. The molecule has 0 saturated carbocycles. The number of carboxylic acid groups (broad SMARTS) is 1. The summed E-state index contributed by atoms with van der Waals surface area (Å²) in [6.07, 6.45) is 0.428. The van der Waals surface area contributed by atoms with Crippen LogP contribution in [0.3, 0.4) is 0 Å². The Hall–Kier alpha value is -2.64. The third-order valence-electron chi connectivity index (χ3n) is 3.45. The van der Waals surface area contributed by atoms with Crippen LogP contribution in [0, 0.1) is 10.1 Å². The van der Waals surface area contributed by atoms with Gasteiger partial charge in [-0.05, 0) is 12.5 Å². The minimum Gasteiger partial charge on any atom is -0.478 e. The summed E-state index contributed by atoms with van der Waals surface area (Å²) in [6, 6.07) is 3.28. The van der Waals surface area contributed by atoms with Crippen LogP contribution in [-0.2, 0) is 4.79 Å². The van der Waals surface area contributed by atoms with E-state index < -0.39 is 16.9 Å². The van der Waals surface area contributed by atoms with Crippen LogP contribution in [-0.4, -0.2) is 41.0 Å². The summed E-state index contributed by atoms with van der Waals surface area (Å²) >= 11 is 0. The number of rotatable bonds is 4. The first-order chi connectivity index (χ1) is 9.97. The number of aromatic carboxylic acids is 1. The minimum atomic E-state index is -1.26. The van der Waals surface area contributed by atoms with Gasteiger partial charge in [-0.25, -0.2) is 4.79 Å². The Bertz CT molecular complexity index is 569. The number of nitrogens with one attached hydrogen (secondary N) is 1. The van der Waals surface area contributed by atoms with Crippen molar-refractivity contribution in [3.05, 3.63) is 33.9 Å². The van der Waals surface area contributed by atoms with Crippen LogP contribution in [0.15, 0.2) is 18.2 Å². The third kappa shape index (κ3) is 2.64. The van der Waals surface area contributed by atoms with Gasteiger partial charge in [-0.2, -0.15) is 0 Å². The molecule has 1 aromatic rings. The molecule has 0 bridgehead atoms. The van der Waals surface area contributed by atoms with Crippen LogP contribution in [0.5, 0.6) is 0 Å². The number of carboxylic acids is 1. The van der Waals surface area contributed by atoms with E-state index in [1.165, 1.54) is 23.1 Å². The molecule has 0 spiro atoms. The fraction of sp³-hybridized carbons (Fsp3) is 0.385. The van der Waals surface area contributed by atoms with Gasteiger partial charge >= 0.3 is 5.97 Å². The van der Waals surface area contributed by atoms with Gasteiger partial charge in [0, 0.05) is 19.2 Å². The van der Waals surface area contributed by atoms with Crippen LogP contribution in [0.25, 0.3) is 0 Å². The van der Waals surface area contributed by atoms with Crippen molar-refractivity contribution in [1.82, 2.24) is 5.32 Å². The molecule has 1 atom stereocenters. The third-order valence-corrected chi connectivity index (χ3v) is 3.45. The first-order valence-electron chi connectivity index (χ1n) is 6.52.